The van der Waals surface area contributed by atoms with Gasteiger partial charge in [0.25, 0.3) is 0 Å². The maximum Gasteiger partial charge on any atom is 0.139 e. The van der Waals surface area contributed by atoms with Gasteiger partial charge in [0.05, 0.1) is 0 Å². The summed E-state index contributed by atoms with van der Waals surface area (Å²) in [6.45, 7) is 6.64. The van der Waals surface area contributed by atoms with Gasteiger partial charge in [0.15, 0.2) is 0 Å². The third-order valence-electron chi connectivity index (χ3n) is 3.65. The van der Waals surface area contributed by atoms with Crippen LogP contribution < -0.4 is 0 Å². The van der Waals surface area contributed by atoms with Crippen LogP contribution >= 0.6 is 12.2 Å². The summed E-state index contributed by atoms with van der Waals surface area (Å²) in [6, 6.07) is 16.5. The van der Waals surface area contributed by atoms with Crippen LogP contribution in [0, 0.1) is 4.64 Å². The topological polar surface area (TPSA) is 28.7 Å². The lowest BCUT2D eigenvalue weighted by Gasteiger charge is -2.19. The van der Waals surface area contributed by atoms with Crippen LogP contribution in [0.1, 0.15) is 26.3 Å². The summed E-state index contributed by atoms with van der Waals surface area (Å²) in [4.78, 5) is 7.89. The third kappa shape index (κ3) is 2.74. The lowest BCUT2D eigenvalue weighted by Crippen LogP contribution is -2.10. The quantitative estimate of drug-likeness (QED) is 0.620. The number of nitrogens with one attached hydrogen (secondary N) is 1. The van der Waals surface area contributed by atoms with E-state index in [-0.39, 0.29) is 5.41 Å². The standard InChI is InChI=1S/C18H18N2S/c1-18(2,3)13-10-8-12(9-11-13)16-19-15-7-5-4-6-14(15)17(21)20-16/h4-11H,1-3H3,(H,19,20,21). The minimum atomic E-state index is 0.155. The lowest BCUT2D eigenvalue weighted by atomic mass is 9.87. The zero-order valence-corrected chi connectivity index (χ0v) is 13.3. The molecule has 0 radical (unpaired) electrons. The molecule has 0 saturated carbocycles. The van der Waals surface area contributed by atoms with Gasteiger partial charge in [-0.3, -0.25) is 0 Å². The number of hydrogen-bond acceptors (Lipinski definition) is 2. The van der Waals surface area contributed by atoms with E-state index in [9.17, 15) is 0 Å². The summed E-state index contributed by atoms with van der Waals surface area (Å²) < 4.78 is 0.638. The van der Waals surface area contributed by atoms with Crippen molar-refractivity contribution in [2.24, 2.45) is 0 Å². The SMILES string of the molecule is CC(C)(C)c1ccc(-c2nc(=S)c3ccccc3[nH]2)cc1. The van der Waals surface area contributed by atoms with Crippen molar-refractivity contribution >= 4 is 23.1 Å². The van der Waals surface area contributed by atoms with E-state index in [4.69, 9.17) is 12.2 Å². The van der Waals surface area contributed by atoms with Crippen LogP contribution in [0.15, 0.2) is 48.5 Å². The number of para-hydroxylation sites is 1. The Hall–Kier alpha value is -2.00. The molecule has 0 amide bonds. The zero-order chi connectivity index (χ0) is 15.0. The molecule has 1 N–H and O–H groups in total. The van der Waals surface area contributed by atoms with Gasteiger partial charge in [-0.2, -0.15) is 0 Å². The van der Waals surface area contributed by atoms with Crippen molar-refractivity contribution < 1.29 is 0 Å². The first-order valence-corrected chi connectivity index (χ1v) is 7.46. The normalized spacial score (nSPS) is 11.8. The number of aromatic nitrogens is 2. The predicted octanol–water partition coefficient (Wildman–Crippen LogP) is 5.26. The molecule has 2 nitrogen and oxygen atoms in total. The summed E-state index contributed by atoms with van der Waals surface area (Å²) in [6.07, 6.45) is 0. The second kappa shape index (κ2) is 5.08. The van der Waals surface area contributed by atoms with Gasteiger partial charge in [0.2, 0.25) is 0 Å². The monoisotopic (exact) mass is 294 g/mol. The molecule has 0 saturated heterocycles. The molecule has 3 heteroatoms. The van der Waals surface area contributed by atoms with Gasteiger partial charge in [0, 0.05) is 16.5 Å². The minimum Gasteiger partial charge on any atom is -0.339 e. The van der Waals surface area contributed by atoms with Crippen LogP contribution in [0.2, 0.25) is 0 Å². The van der Waals surface area contributed by atoms with E-state index in [0.29, 0.717) is 4.64 Å². The maximum absolute atomic E-state index is 5.40. The average molecular weight is 294 g/mol. The largest absolute Gasteiger partial charge is 0.339 e. The van der Waals surface area contributed by atoms with Crippen molar-refractivity contribution in [3.05, 3.63) is 58.7 Å². The van der Waals surface area contributed by atoms with Gasteiger partial charge in [-0.1, -0.05) is 69.4 Å². The Morgan fingerprint density at radius 1 is 0.952 bits per heavy atom. The fraction of sp³-hybridized carbons (Fsp3) is 0.222. The van der Waals surface area contributed by atoms with Crippen molar-refractivity contribution in [1.29, 1.82) is 0 Å². The number of H-pyrrole nitrogens is 1. The second-order valence-corrected chi connectivity index (χ2v) is 6.65. The van der Waals surface area contributed by atoms with E-state index in [1.807, 2.05) is 24.3 Å². The smallest absolute Gasteiger partial charge is 0.139 e. The number of nitrogens with zero attached hydrogens (tertiary/aromatic N) is 1. The molecule has 0 atom stereocenters. The minimum absolute atomic E-state index is 0.155. The van der Waals surface area contributed by atoms with E-state index < -0.39 is 0 Å². The molecule has 0 aliphatic carbocycles. The van der Waals surface area contributed by atoms with Crippen LogP contribution in [-0.2, 0) is 5.41 Å². The number of rotatable bonds is 1. The third-order valence-corrected chi connectivity index (χ3v) is 3.96. The fourth-order valence-corrected chi connectivity index (χ4v) is 2.63. The molecule has 1 aromatic heterocycles. The van der Waals surface area contributed by atoms with E-state index in [2.05, 4.69) is 55.0 Å². The van der Waals surface area contributed by atoms with Crippen molar-refractivity contribution in [2.75, 3.05) is 0 Å². The first-order valence-electron chi connectivity index (χ1n) is 7.05. The molecule has 3 aromatic rings. The molecule has 0 bridgehead atoms. The molecule has 0 aliphatic rings. The molecule has 2 aromatic carbocycles. The lowest BCUT2D eigenvalue weighted by molar-refractivity contribution is 0.590. The molecule has 1 heterocycles. The Balaban J connectivity index is 2.10. The number of fused-ring (bicyclic) bond motifs is 1. The average Bonchev–Trinajstić information content (AvgIpc) is 2.46. The van der Waals surface area contributed by atoms with Crippen LogP contribution in [0.5, 0.6) is 0 Å². The van der Waals surface area contributed by atoms with Gasteiger partial charge in [-0.15, -0.1) is 0 Å². The van der Waals surface area contributed by atoms with E-state index in [1.165, 1.54) is 5.56 Å². The Kier molecular flexibility index (Phi) is 3.38. The van der Waals surface area contributed by atoms with Crippen molar-refractivity contribution in [3.8, 4) is 11.4 Å². The summed E-state index contributed by atoms with van der Waals surface area (Å²) in [5, 5.41) is 0.988. The van der Waals surface area contributed by atoms with Gasteiger partial charge in [-0.25, -0.2) is 4.98 Å². The van der Waals surface area contributed by atoms with E-state index >= 15 is 0 Å². The van der Waals surface area contributed by atoms with Crippen LogP contribution in [-0.4, -0.2) is 9.97 Å². The summed E-state index contributed by atoms with van der Waals surface area (Å²) in [7, 11) is 0. The highest BCUT2D eigenvalue weighted by Crippen LogP contribution is 2.25. The zero-order valence-electron chi connectivity index (χ0n) is 12.5. The van der Waals surface area contributed by atoms with Crippen molar-refractivity contribution in [2.45, 2.75) is 26.2 Å². The second-order valence-electron chi connectivity index (χ2n) is 6.26. The highest BCUT2D eigenvalue weighted by atomic mass is 32.1. The molecule has 21 heavy (non-hydrogen) atoms. The van der Waals surface area contributed by atoms with Crippen LogP contribution in [0.25, 0.3) is 22.3 Å². The Labute approximate surface area is 129 Å². The van der Waals surface area contributed by atoms with Gasteiger partial charge in [-0.05, 0) is 23.1 Å². The maximum atomic E-state index is 5.40. The first-order chi connectivity index (χ1) is 9.95. The molecule has 0 fully saturated rings. The number of aromatic amines is 1. The molecule has 0 spiro atoms. The van der Waals surface area contributed by atoms with E-state index in [1.54, 1.807) is 0 Å². The Morgan fingerprint density at radius 2 is 1.62 bits per heavy atom. The highest BCUT2D eigenvalue weighted by Gasteiger charge is 2.13. The molecule has 0 aliphatic heterocycles. The van der Waals surface area contributed by atoms with Crippen molar-refractivity contribution in [3.63, 3.8) is 0 Å². The molecular weight excluding hydrogens is 276 g/mol. The fourth-order valence-electron chi connectivity index (χ4n) is 2.36. The Bertz CT molecular complexity index is 839. The van der Waals surface area contributed by atoms with Crippen LogP contribution in [0.3, 0.4) is 0 Å². The molecule has 0 unspecified atom stereocenters. The van der Waals surface area contributed by atoms with Crippen molar-refractivity contribution in [1.82, 2.24) is 9.97 Å². The summed E-state index contributed by atoms with van der Waals surface area (Å²) in [5.41, 5.74) is 3.54. The number of benzene rings is 2. The van der Waals surface area contributed by atoms with Gasteiger partial charge in [0.1, 0.15) is 10.5 Å². The summed E-state index contributed by atoms with van der Waals surface area (Å²) in [5.74, 6) is 0.819. The molecular formula is C18H18N2S. The predicted molar refractivity (Wildman–Crippen MR) is 91.1 cm³/mol. The Morgan fingerprint density at radius 3 is 2.29 bits per heavy atom. The number of hydrogen-bond donors (Lipinski definition) is 1. The molecule has 106 valence electrons. The molecule has 3 rings (SSSR count). The van der Waals surface area contributed by atoms with Gasteiger partial charge >= 0.3 is 0 Å². The van der Waals surface area contributed by atoms with E-state index in [0.717, 1.165) is 22.3 Å². The highest BCUT2D eigenvalue weighted by molar-refractivity contribution is 7.71. The van der Waals surface area contributed by atoms with Crippen LogP contribution in [0.4, 0.5) is 0 Å². The summed E-state index contributed by atoms with van der Waals surface area (Å²) >= 11 is 5.40. The van der Waals surface area contributed by atoms with Gasteiger partial charge < -0.3 is 4.98 Å². The first kappa shape index (κ1) is 14.0.